The predicted octanol–water partition coefficient (Wildman–Crippen LogP) is 2.71. The number of nitrogens with one attached hydrogen (secondary N) is 2. The second kappa shape index (κ2) is 8.12. The standard InChI is InChI=1S/C18H22N4O3S2/c1-3-20-18(21-10-13-8-9-17(26-13)27(19,23)24)22-11-16-12(2)14-6-4-5-7-15(14)25-16/h4-9H,3,10-11H2,1-2H3,(H2,19,23,24)(H2,20,21,22). The number of primary sulfonamides is 1. The Hall–Kier alpha value is -2.36. The van der Waals surface area contributed by atoms with Gasteiger partial charge in [0, 0.05) is 22.4 Å². The van der Waals surface area contributed by atoms with Crippen molar-refractivity contribution in [2.24, 2.45) is 10.1 Å². The van der Waals surface area contributed by atoms with Crippen molar-refractivity contribution in [3.8, 4) is 0 Å². The minimum atomic E-state index is -3.66. The molecule has 0 aliphatic heterocycles. The maximum absolute atomic E-state index is 11.4. The molecule has 3 aromatic rings. The van der Waals surface area contributed by atoms with E-state index in [-0.39, 0.29) is 4.21 Å². The first-order chi connectivity index (χ1) is 12.9. The molecule has 3 rings (SSSR count). The number of hydrogen-bond donors (Lipinski definition) is 3. The molecule has 0 spiro atoms. The first-order valence-electron chi connectivity index (χ1n) is 8.49. The van der Waals surface area contributed by atoms with Gasteiger partial charge in [-0.1, -0.05) is 18.2 Å². The van der Waals surface area contributed by atoms with Gasteiger partial charge in [0.25, 0.3) is 0 Å². The summed E-state index contributed by atoms with van der Waals surface area (Å²) in [5.41, 5.74) is 1.94. The third kappa shape index (κ3) is 4.68. The van der Waals surface area contributed by atoms with Gasteiger partial charge >= 0.3 is 0 Å². The summed E-state index contributed by atoms with van der Waals surface area (Å²) in [5.74, 6) is 1.45. The smallest absolute Gasteiger partial charge is 0.247 e. The molecule has 0 saturated carbocycles. The average Bonchev–Trinajstić information content (AvgIpc) is 3.23. The number of thiophene rings is 1. The molecule has 4 N–H and O–H groups in total. The summed E-state index contributed by atoms with van der Waals surface area (Å²) < 4.78 is 28.8. The minimum absolute atomic E-state index is 0.152. The highest BCUT2D eigenvalue weighted by Crippen LogP contribution is 2.25. The van der Waals surface area contributed by atoms with Crippen molar-refractivity contribution in [2.45, 2.75) is 31.1 Å². The number of furan rings is 1. The van der Waals surface area contributed by atoms with E-state index in [0.29, 0.717) is 25.6 Å². The largest absolute Gasteiger partial charge is 0.459 e. The van der Waals surface area contributed by atoms with Gasteiger partial charge in [-0.05, 0) is 32.0 Å². The summed E-state index contributed by atoms with van der Waals surface area (Å²) in [6, 6.07) is 11.2. The molecular formula is C18H22N4O3S2. The number of rotatable bonds is 6. The van der Waals surface area contributed by atoms with Crippen LogP contribution in [0.1, 0.15) is 23.1 Å². The van der Waals surface area contributed by atoms with Gasteiger partial charge in [-0.3, -0.25) is 0 Å². The van der Waals surface area contributed by atoms with Gasteiger partial charge in [0.2, 0.25) is 10.0 Å². The summed E-state index contributed by atoms with van der Waals surface area (Å²) >= 11 is 1.14. The molecule has 9 heteroatoms. The van der Waals surface area contributed by atoms with Gasteiger partial charge in [-0.15, -0.1) is 11.3 Å². The fourth-order valence-corrected chi connectivity index (χ4v) is 4.36. The first-order valence-corrected chi connectivity index (χ1v) is 10.9. The summed E-state index contributed by atoms with van der Waals surface area (Å²) in [6.45, 7) is 5.57. The van der Waals surface area contributed by atoms with Crippen LogP contribution in [0.4, 0.5) is 0 Å². The van der Waals surface area contributed by atoms with Crippen molar-refractivity contribution in [2.75, 3.05) is 6.54 Å². The van der Waals surface area contributed by atoms with Crippen molar-refractivity contribution in [1.82, 2.24) is 10.6 Å². The van der Waals surface area contributed by atoms with Crippen LogP contribution in [0.25, 0.3) is 11.0 Å². The van der Waals surface area contributed by atoms with E-state index < -0.39 is 10.0 Å². The number of nitrogens with zero attached hydrogens (tertiary/aromatic N) is 1. The number of nitrogens with two attached hydrogens (primary N) is 1. The molecule has 144 valence electrons. The molecule has 1 aromatic carbocycles. The van der Waals surface area contributed by atoms with Crippen molar-refractivity contribution in [3.05, 3.63) is 52.6 Å². The maximum Gasteiger partial charge on any atom is 0.247 e. The Morgan fingerprint density at radius 3 is 2.67 bits per heavy atom. The van der Waals surface area contributed by atoms with Crippen molar-refractivity contribution < 1.29 is 12.8 Å². The van der Waals surface area contributed by atoms with Crippen molar-refractivity contribution in [1.29, 1.82) is 0 Å². The quantitative estimate of drug-likeness (QED) is 0.431. The highest BCUT2D eigenvalue weighted by atomic mass is 32.2. The van der Waals surface area contributed by atoms with Crippen LogP contribution in [-0.4, -0.2) is 20.9 Å². The Balaban J connectivity index is 1.70. The number of aliphatic imine (C=N–C) groups is 1. The first kappa shape index (κ1) is 19.4. The highest BCUT2D eigenvalue weighted by molar-refractivity contribution is 7.91. The van der Waals surface area contributed by atoms with Gasteiger partial charge in [-0.25, -0.2) is 18.5 Å². The lowest BCUT2D eigenvalue weighted by Crippen LogP contribution is -2.36. The van der Waals surface area contributed by atoms with Gasteiger partial charge < -0.3 is 15.1 Å². The van der Waals surface area contributed by atoms with E-state index in [0.717, 1.165) is 38.5 Å². The van der Waals surface area contributed by atoms with Crippen LogP contribution in [0, 0.1) is 6.92 Å². The molecule has 0 radical (unpaired) electrons. The summed E-state index contributed by atoms with van der Waals surface area (Å²) in [5, 5.41) is 12.6. The van der Waals surface area contributed by atoms with E-state index in [4.69, 9.17) is 9.56 Å². The highest BCUT2D eigenvalue weighted by Gasteiger charge is 2.12. The number of guanidine groups is 1. The Morgan fingerprint density at radius 1 is 1.22 bits per heavy atom. The van der Waals surface area contributed by atoms with Crippen LogP contribution in [0.5, 0.6) is 0 Å². The van der Waals surface area contributed by atoms with Gasteiger partial charge in [0.1, 0.15) is 22.1 Å². The molecule has 0 aliphatic rings. The molecule has 2 aromatic heterocycles. The summed E-state index contributed by atoms with van der Waals surface area (Å²) in [4.78, 5) is 5.42. The Labute approximate surface area is 162 Å². The molecular weight excluding hydrogens is 384 g/mol. The van der Waals surface area contributed by atoms with E-state index in [1.807, 2.05) is 38.1 Å². The molecule has 0 aliphatic carbocycles. The number of aryl methyl sites for hydroxylation is 1. The molecule has 0 unspecified atom stereocenters. The van der Waals surface area contributed by atoms with Crippen LogP contribution >= 0.6 is 11.3 Å². The molecule has 0 saturated heterocycles. The Morgan fingerprint density at radius 2 is 2.00 bits per heavy atom. The zero-order valence-electron chi connectivity index (χ0n) is 15.2. The Bertz CT molecular complexity index is 1070. The summed E-state index contributed by atoms with van der Waals surface area (Å²) in [6.07, 6.45) is 0. The zero-order valence-corrected chi connectivity index (χ0v) is 16.8. The third-order valence-electron chi connectivity index (χ3n) is 4.01. The zero-order chi connectivity index (χ0) is 19.4. The third-order valence-corrected chi connectivity index (χ3v) is 6.54. The van der Waals surface area contributed by atoms with Gasteiger partial charge in [0.15, 0.2) is 5.96 Å². The molecule has 0 amide bonds. The monoisotopic (exact) mass is 406 g/mol. The van der Waals surface area contributed by atoms with E-state index in [1.165, 1.54) is 6.07 Å². The Kier molecular flexibility index (Phi) is 5.83. The molecule has 0 bridgehead atoms. The van der Waals surface area contributed by atoms with Crippen molar-refractivity contribution in [3.63, 3.8) is 0 Å². The number of benzene rings is 1. The SMILES string of the molecule is CCNC(=NCc1oc2ccccc2c1C)NCc1ccc(S(N)(=O)=O)s1. The molecule has 7 nitrogen and oxygen atoms in total. The second-order valence-electron chi connectivity index (χ2n) is 5.96. The van der Waals surface area contributed by atoms with Crippen LogP contribution in [0.15, 0.2) is 50.0 Å². The molecule has 0 fully saturated rings. The molecule has 2 heterocycles. The van der Waals surface area contributed by atoms with Gasteiger partial charge in [0.05, 0.1) is 6.54 Å². The summed E-state index contributed by atoms with van der Waals surface area (Å²) in [7, 11) is -3.66. The van der Waals surface area contributed by atoms with Crippen LogP contribution in [-0.2, 0) is 23.1 Å². The van der Waals surface area contributed by atoms with Gasteiger partial charge in [-0.2, -0.15) is 0 Å². The van der Waals surface area contributed by atoms with Crippen LogP contribution in [0.3, 0.4) is 0 Å². The van der Waals surface area contributed by atoms with Crippen LogP contribution in [0.2, 0.25) is 0 Å². The normalized spacial score (nSPS) is 12.5. The molecule has 27 heavy (non-hydrogen) atoms. The minimum Gasteiger partial charge on any atom is -0.459 e. The number of sulfonamides is 1. The second-order valence-corrected chi connectivity index (χ2v) is 8.92. The van der Waals surface area contributed by atoms with Crippen molar-refractivity contribution >= 4 is 38.3 Å². The van der Waals surface area contributed by atoms with E-state index >= 15 is 0 Å². The van der Waals surface area contributed by atoms with E-state index in [1.54, 1.807) is 6.07 Å². The lowest BCUT2D eigenvalue weighted by Gasteiger charge is -2.10. The fraction of sp³-hybridized carbons (Fsp3) is 0.278. The van der Waals surface area contributed by atoms with E-state index in [2.05, 4.69) is 15.6 Å². The lowest BCUT2D eigenvalue weighted by molar-refractivity contribution is 0.548. The molecule has 0 atom stereocenters. The maximum atomic E-state index is 11.4. The average molecular weight is 407 g/mol. The van der Waals surface area contributed by atoms with Crippen LogP contribution < -0.4 is 15.8 Å². The topological polar surface area (TPSA) is 110 Å². The number of fused-ring (bicyclic) bond motifs is 1. The predicted molar refractivity (Wildman–Crippen MR) is 108 cm³/mol. The number of para-hydroxylation sites is 1. The van der Waals surface area contributed by atoms with E-state index in [9.17, 15) is 8.42 Å². The fourth-order valence-electron chi connectivity index (χ4n) is 2.65. The number of hydrogen-bond acceptors (Lipinski definition) is 5. The lowest BCUT2D eigenvalue weighted by atomic mass is 10.1.